The molecule has 0 aliphatic heterocycles. The topological polar surface area (TPSA) is 110 Å². The van der Waals surface area contributed by atoms with Crippen molar-refractivity contribution < 1.29 is 12.8 Å². The van der Waals surface area contributed by atoms with Crippen molar-refractivity contribution in [1.29, 1.82) is 0 Å². The van der Waals surface area contributed by atoms with Crippen LogP contribution in [0.1, 0.15) is 6.92 Å². The predicted octanol–water partition coefficient (Wildman–Crippen LogP) is -0.254. The second kappa shape index (κ2) is 5.23. The van der Waals surface area contributed by atoms with Gasteiger partial charge in [-0.25, -0.2) is 23.6 Å². The molecular weight excluding hydrogens is 249 g/mol. The number of sulfone groups is 1. The van der Waals surface area contributed by atoms with Crippen LogP contribution in [0.25, 0.3) is 0 Å². The zero-order chi connectivity index (χ0) is 13.1. The van der Waals surface area contributed by atoms with E-state index in [4.69, 9.17) is 5.84 Å². The molecule has 1 aromatic heterocycles. The van der Waals surface area contributed by atoms with E-state index in [0.29, 0.717) is 0 Å². The molecule has 0 saturated heterocycles. The molecule has 1 heterocycles. The predicted molar refractivity (Wildman–Crippen MR) is 62.6 cm³/mol. The second-order valence-electron chi connectivity index (χ2n) is 3.67. The van der Waals surface area contributed by atoms with Gasteiger partial charge in [-0.2, -0.15) is 4.98 Å². The molecule has 0 aliphatic carbocycles. The molecule has 0 spiro atoms. The second-order valence-corrected chi connectivity index (χ2v) is 5.86. The Morgan fingerprint density at radius 2 is 2.24 bits per heavy atom. The number of halogens is 1. The third-order valence-electron chi connectivity index (χ3n) is 1.81. The minimum Gasteiger partial charge on any atom is -0.364 e. The fraction of sp³-hybridized carbons (Fsp3) is 0.500. The molecular formula is C8H14FN5O2S. The van der Waals surface area contributed by atoms with E-state index in [9.17, 15) is 12.8 Å². The van der Waals surface area contributed by atoms with Crippen molar-refractivity contribution in [2.24, 2.45) is 5.84 Å². The number of hydrogen-bond donors (Lipinski definition) is 3. The van der Waals surface area contributed by atoms with Gasteiger partial charge in [-0.05, 0) is 6.92 Å². The summed E-state index contributed by atoms with van der Waals surface area (Å²) in [6, 6.07) is -0.472. The number of aromatic nitrogens is 2. The summed E-state index contributed by atoms with van der Waals surface area (Å²) in [5.74, 6) is 4.23. The molecule has 1 aromatic rings. The SMILES string of the molecule is CC(CS(C)(=O)=O)Nc1nc(NN)ncc1F. The number of nitrogens with zero attached hydrogens (tertiary/aromatic N) is 2. The molecule has 0 amide bonds. The molecule has 0 aliphatic rings. The third kappa shape index (κ3) is 4.49. The molecule has 1 rings (SSSR count). The average molecular weight is 263 g/mol. The lowest BCUT2D eigenvalue weighted by molar-refractivity contribution is 0.595. The fourth-order valence-electron chi connectivity index (χ4n) is 1.27. The Morgan fingerprint density at radius 1 is 1.59 bits per heavy atom. The maximum atomic E-state index is 13.3. The van der Waals surface area contributed by atoms with Gasteiger partial charge in [0.2, 0.25) is 5.95 Å². The molecule has 9 heteroatoms. The van der Waals surface area contributed by atoms with Gasteiger partial charge in [0.1, 0.15) is 9.84 Å². The van der Waals surface area contributed by atoms with E-state index in [1.54, 1.807) is 6.92 Å². The van der Waals surface area contributed by atoms with Crippen molar-refractivity contribution in [3.63, 3.8) is 0 Å². The van der Waals surface area contributed by atoms with Crippen molar-refractivity contribution in [3.05, 3.63) is 12.0 Å². The normalized spacial score (nSPS) is 13.2. The Morgan fingerprint density at radius 3 is 2.76 bits per heavy atom. The molecule has 0 radical (unpaired) electrons. The molecule has 1 unspecified atom stereocenters. The molecule has 0 saturated carbocycles. The van der Waals surface area contributed by atoms with Gasteiger partial charge in [0.25, 0.3) is 0 Å². The molecule has 7 nitrogen and oxygen atoms in total. The van der Waals surface area contributed by atoms with Gasteiger partial charge in [0.15, 0.2) is 11.6 Å². The van der Waals surface area contributed by atoms with Gasteiger partial charge < -0.3 is 5.32 Å². The molecule has 96 valence electrons. The lowest BCUT2D eigenvalue weighted by Gasteiger charge is -2.14. The Hall–Kier alpha value is -1.48. The summed E-state index contributed by atoms with van der Waals surface area (Å²) in [6.07, 6.45) is 2.05. The Bertz CT molecular complexity index is 493. The largest absolute Gasteiger partial charge is 0.364 e. The standard InChI is InChI=1S/C8H14FN5O2S/c1-5(4-17(2,15)16)12-7-6(9)3-11-8(13-7)14-10/h3,5H,4,10H2,1-2H3,(H2,11,12,13,14). The summed E-state index contributed by atoms with van der Waals surface area (Å²) in [7, 11) is -3.14. The zero-order valence-corrected chi connectivity index (χ0v) is 10.3. The monoisotopic (exact) mass is 263 g/mol. The van der Waals surface area contributed by atoms with Crippen LogP contribution in [0.4, 0.5) is 16.2 Å². The van der Waals surface area contributed by atoms with Crippen LogP contribution in [-0.2, 0) is 9.84 Å². The number of anilines is 2. The van der Waals surface area contributed by atoms with Gasteiger partial charge in [-0.3, -0.25) is 5.43 Å². The maximum Gasteiger partial charge on any atom is 0.239 e. The minimum atomic E-state index is -3.14. The average Bonchev–Trinajstić information content (AvgIpc) is 2.18. The van der Waals surface area contributed by atoms with Crippen LogP contribution in [0.5, 0.6) is 0 Å². The Labute approximate surface area is 98.5 Å². The highest BCUT2D eigenvalue weighted by molar-refractivity contribution is 7.90. The third-order valence-corrected chi connectivity index (χ3v) is 2.91. The van der Waals surface area contributed by atoms with Crippen LogP contribution in [0.3, 0.4) is 0 Å². The first kappa shape index (κ1) is 13.6. The molecule has 0 bridgehead atoms. The van der Waals surface area contributed by atoms with E-state index in [2.05, 4.69) is 20.7 Å². The molecule has 0 aromatic carbocycles. The highest BCUT2D eigenvalue weighted by atomic mass is 32.2. The lowest BCUT2D eigenvalue weighted by Crippen LogP contribution is -2.26. The Kier molecular flexibility index (Phi) is 4.18. The van der Waals surface area contributed by atoms with E-state index in [-0.39, 0.29) is 17.5 Å². The highest BCUT2D eigenvalue weighted by Crippen LogP contribution is 2.12. The summed E-state index contributed by atoms with van der Waals surface area (Å²) in [5.41, 5.74) is 2.17. The fourth-order valence-corrected chi connectivity index (χ4v) is 2.26. The zero-order valence-electron chi connectivity index (χ0n) is 9.44. The van der Waals surface area contributed by atoms with E-state index in [1.807, 2.05) is 0 Å². The lowest BCUT2D eigenvalue weighted by atomic mass is 10.4. The van der Waals surface area contributed by atoms with Crippen LogP contribution in [0.15, 0.2) is 6.20 Å². The first-order valence-electron chi connectivity index (χ1n) is 4.75. The van der Waals surface area contributed by atoms with Crippen molar-refractivity contribution in [2.45, 2.75) is 13.0 Å². The van der Waals surface area contributed by atoms with E-state index in [0.717, 1.165) is 12.5 Å². The molecule has 0 fully saturated rings. The van der Waals surface area contributed by atoms with Crippen molar-refractivity contribution in [3.8, 4) is 0 Å². The first-order valence-corrected chi connectivity index (χ1v) is 6.81. The van der Waals surface area contributed by atoms with Gasteiger partial charge in [0, 0.05) is 12.3 Å². The van der Waals surface area contributed by atoms with Crippen molar-refractivity contribution >= 4 is 21.6 Å². The van der Waals surface area contributed by atoms with Gasteiger partial charge >= 0.3 is 0 Å². The summed E-state index contributed by atoms with van der Waals surface area (Å²) < 4.78 is 35.4. The summed E-state index contributed by atoms with van der Waals surface area (Å²) in [5, 5.41) is 2.64. The van der Waals surface area contributed by atoms with Crippen molar-refractivity contribution in [2.75, 3.05) is 22.8 Å². The number of hydrogen-bond acceptors (Lipinski definition) is 7. The van der Waals surface area contributed by atoms with Gasteiger partial charge in [0.05, 0.1) is 11.9 Å². The van der Waals surface area contributed by atoms with Crippen LogP contribution < -0.4 is 16.6 Å². The highest BCUT2D eigenvalue weighted by Gasteiger charge is 2.13. The van der Waals surface area contributed by atoms with E-state index in [1.165, 1.54) is 0 Å². The van der Waals surface area contributed by atoms with Gasteiger partial charge in [-0.1, -0.05) is 0 Å². The number of nitrogens with two attached hydrogens (primary N) is 1. The van der Waals surface area contributed by atoms with E-state index >= 15 is 0 Å². The summed E-state index contributed by atoms with van der Waals surface area (Å²) in [4.78, 5) is 7.29. The molecule has 17 heavy (non-hydrogen) atoms. The number of hydrazine groups is 1. The number of nitrogens with one attached hydrogen (secondary N) is 2. The van der Waals surface area contributed by atoms with Gasteiger partial charge in [-0.15, -0.1) is 0 Å². The quantitative estimate of drug-likeness (QED) is 0.496. The number of nitrogen functional groups attached to an aromatic ring is 1. The first-order chi connectivity index (χ1) is 7.81. The molecule has 4 N–H and O–H groups in total. The Balaban J connectivity index is 2.80. The maximum absolute atomic E-state index is 13.3. The van der Waals surface area contributed by atoms with Crippen molar-refractivity contribution in [1.82, 2.24) is 9.97 Å². The smallest absolute Gasteiger partial charge is 0.239 e. The molecule has 1 atom stereocenters. The minimum absolute atomic E-state index is 0.0421. The number of rotatable bonds is 5. The van der Waals surface area contributed by atoms with Crippen LogP contribution in [-0.4, -0.2) is 36.4 Å². The van der Waals surface area contributed by atoms with Crippen LogP contribution in [0, 0.1) is 5.82 Å². The summed E-state index contributed by atoms with van der Waals surface area (Å²) in [6.45, 7) is 1.61. The van der Waals surface area contributed by atoms with E-state index < -0.39 is 21.7 Å². The summed E-state index contributed by atoms with van der Waals surface area (Å²) >= 11 is 0. The van der Waals surface area contributed by atoms with Crippen LogP contribution in [0.2, 0.25) is 0 Å². The van der Waals surface area contributed by atoms with Crippen LogP contribution >= 0.6 is 0 Å².